The molecule has 1 N–H and O–H groups in total. The van der Waals surface area contributed by atoms with E-state index in [0.29, 0.717) is 12.1 Å². The third-order valence-electron chi connectivity index (χ3n) is 4.53. The Kier molecular flexibility index (Phi) is 8.96. The van der Waals surface area contributed by atoms with Crippen LogP contribution in [-0.4, -0.2) is 37.8 Å². The molecule has 0 heterocycles. The Morgan fingerprint density at radius 1 is 0.903 bits per heavy atom. The maximum absolute atomic E-state index is 12.9. The van der Waals surface area contributed by atoms with Crippen LogP contribution in [0.2, 0.25) is 0 Å². The number of aliphatic imine (C=N–C) groups is 1. The van der Waals surface area contributed by atoms with E-state index in [1.54, 1.807) is 0 Å². The summed E-state index contributed by atoms with van der Waals surface area (Å²) in [5.74, 6) is 0. The number of benzene rings is 2. The lowest BCUT2D eigenvalue weighted by molar-refractivity contribution is -0.143. The third-order valence-corrected chi connectivity index (χ3v) is 4.76. The van der Waals surface area contributed by atoms with Crippen molar-refractivity contribution in [2.24, 2.45) is 4.99 Å². The summed E-state index contributed by atoms with van der Waals surface area (Å²) in [5, 5.41) is 0. The molecule has 0 fully saturated rings. The molecule has 31 heavy (non-hydrogen) atoms. The number of rotatable bonds is 9. The molecule has 0 aliphatic carbocycles. The molecular formula is C21H23F6N3S. The topological polar surface area (TPSA) is 27.6 Å². The van der Waals surface area contributed by atoms with Crippen LogP contribution in [0, 0.1) is 0 Å². The second-order valence-electron chi connectivity index (χ2n) is 7.09. The van der Waals surface area contributed by atoms with Crippen molar-refractivity contribution in [2.45, 2.75) is 25.3 Å². The van der Waals surface area contributed by atoms with E-state index in [4.69, 9.17) is 0 Å². The highest BCUT2D eigenvalue weighted by atomic mass is 32.1. The number of halogens is 6. The highest BCUT2D eigenvalue weighted by Gasteiger charge is 2.36. The van der Waals surface area contributed by atoms with Gasteiger partial charge in [0.2, 0.25) is 0 Å². The standard InChI is InChI=1S/C21H23F6N3S/c1-30(9-7-29-31)8-6-15-2-4-16(5-3-15)13-28-14-17-10-18(20(22,23)24)12-19(11-17)21(25,26)27/h2-5,10-12,14,29,31H,6-9,13H2,1H3. The molecule has 2 aromatic carbocycles. The predicted molar refractivity (Wildman–Crippen MR) is 112 cm³/mol. The molecule has 0 atom stereocenters. The molecular weight excluding hydrogens is 440 g/mol. The molecule has 0 saturated heterocycles. The summed E-state index contributed by atoms with van der Waals surface area (Å²) in [4.78, 5) is 6.17. The summed E-state index contributed by atoms with van der Waals surface area (Å²) in [5.41, 5.74) is -1.05. The van der Waals surface area contributed by atoms with Gasteiger partial charge in [-0.05, 0) is 48.4 Å². The second-order valence-corrected chi connectivity index (χ2v) is 7.40. The first kappa shape index (κ1) is 25.2. The van der Waals surface area contributed by atoms with E-state index in [1.807, 2.05) is 31.3 Å². The van der Waals surface area contributed by atoms with E-state index in [1.165, 1.54) is 0 Å². The van der Waals surface area contributed by atoms with Crippen LogP contribution in [-0.2, 0) is 25.3 Å². The van der Waals surface area contributed by atoms with Gasteiger partial charge in [0, 0.05) is 25.8 Å². The van der Waals surface area contributed by atoms with Crippen LogP contribution in [0.25, 0.3) is 0 Å². The highest BCUT2D eigenvalue weighted by molar-refractivity contribution is 7.78. The van der Waals surface area contributed by atoms with Crippen LogP contribution in [0.15, 0.2) is 47.5 Å². The van der Waals surface area contributed by atoms with E-state index in [9.17, 15) is 26.3 Å². The zero-order valence-corrected chi connectivity index (χ0v) is 17.7. The SMILES string of the molecule is CN(CCNS)CCc1ccc(CN=Cc2cc(C(F)(F)F)cc(C(F)(F)F)c2)cc1. The normalized spacial score (nSPS) is 12.8. The maximum atomic E-state index is 12.9. The quantitative estimate of drug-likeness (QED) is 0.302. The molecule has 170 valence electrons. The van der Waals surface area contributed by atoms with Gasteiger partial charge in [0.25, 0.3) is 0 Å². The molecule has 0 aliphatic rings. The summed E-state index contributed by atoms with van der Waals surface area (Å²) < 4.78 is 80.3. The maximum Gasteiger partial charge on any atom is 0.416 e. The van der Waals surface area contributed by atoms with Crippen LogP contribution in [0.5, 0.6) is 0 Å². The Hall–Kier alpha value is -2.04. The van der Waals surface area contributed by atoms with Gasteiger partial charge in [0.05, 0.1) is 17.7 Å². The predicted octanol–water partition coefficient (Wildman–Crippen LogP) is 5.25. The number of nitrogens with zero attached hydrogens (tertiary/aromatic N) is 2. The number of hydrogen-bond donors (Lipinski definition) is 2. The average molecular weight is 463 g/mol. The van der Waals surface area contributed by atoms with Gasteiger partial charge >= 0.3 is 12.4 Å². The van der Waals surface area contributed by atoms with E-state index in [0.717, 1.165) is 43.4 Å². The Balaban J connectivity index is 2.02. The van der Waals surface area contributed by atoms with Crippen molar-refractivity contribution >= 4 is 19.0 Å². The monoisotopic (exact) mass is 463 g/mol. The van der Waals surface area contributed by atoms with E-state index >= 15 is 0 Å². The van der Waals surface area contributed by atoms with Crippen LogP contribution >= 0.6 is 12.8 Å². The van der Waals surface area contributed by atoms with Crippen LogP contribution in [0.1, 0.15) is 27.8 Å². The third kappa shape index (κ3) is 8.54. The lowest BCUT2D eigenvalue weighted by Gasteiger charge is -2.15. The average Bonchev–Trinajstić information content (AvgIpc) is 2.70. The van der Waals surface area contributed by atoms with E-state index < -0.39 is 23.5 Å². The van der Waals surface area contributed by atoms with Gasteiger partial charge in [0.1, 0.15) is 0 Å². The molecule has 2 aromatic rings. The Bertz CT molecular complexity index is 831. The second kappa shape index (κ2) is 11.0. The van der Waals surface area contributed by atoms with Gasteiger partial charge in [-0.25, -0.2) is 0 Å². The fraction of sp³-hybridized carbons (Fsp3) is 0.381. The molecule has 0 unspecified atom stereocenters. The minimum atomic E-state index is -4.88. The van der Waals surface area contributed by atoms with Gasteiger partial charge in [-0.2, -0.15) is 26.3 Å². The molecule has 2 rings (SSSR count). The summed E-state index contributed by atoms with van der Waals surface area (Å²) in [6, 6.07) is 8.96. The number of thiol groups is 1. The first-order chi connectivity index (χ1) is 14.5. The Morgan fingerprint density at radius 2 is 1.45 bits per heavy atom. The van der Waals surface area contributed by atoms with Gasteiger partial charge in [-0.3, -0.25) is 9.71 Å². The van der Waals surface area contributed by atoms with E-state index in [-0.39, 0.29) is 18.2 Å². The van der Waals surface area contributed by atoms with Crippen LogP contribution in [0.4, 0.5) is 26.3 Å². The zero-order chi connectivity index (χ0) is 23.1. The highest BCUT2D eigenvalue weighted by Crippen LogP contribution is 2.36. The van der Waals surface area contributed by atoms with Crippen LogP contribution < -0.4 is 4.72 Å². The molecule has 0 aliphatic heterocycles. The summed E-state index contributed by atoms with van der Waals surface area (Å²) in [7, 11) is 2.01. The lowest BCUT2D eigenvalue weighted by Crippen LogP contribution is -2.27. The van der Waals surface area contributed by atoms with Gasteiger partial charge in [-0.1, -0.05) is 37.1 Å². The molecule has 10 heteroatoms. The first-order valence-electron chi connectivity index (χ1n) is 9.41. The number of nitrogens with one attached hydrogen (secondary N) is 1. The Labute approximate surface area is 182 Å². The van der Waals surface area contributed by atoms with Crippen molar-refractivity contribution in [3.05, 3.63) is 70.3 Å². The van der Waals surface area contributed by atoms with Gasteiger partial charge in [-0.15, -0.1) is 0 Å². The number of alkyl halides is 6. The Morgan fingerprint density at radius 3 is 1.97 bits per heavy atom. The van der Waals surface area contributed by atoms with Crippen molar-refractivity contribution in [1.29, 1.82) is 0 Å². The molecule has 0 bridgehead atoms. The van der Waals surface area contributed by atoms with Crippen molar-refractivity contribution in [3.8, 4) is 0 Å². The number of likely N-dealkylation sites (N-methyl/N-ethyl adjacent to an activating group) is 1. The lowest BCUT2D eigenvalue weighted by atomic mass is 10.1. The van der Waals surface area contributed by atoms with Crippen molar-refractivity contribution in [1.82, 2.24) is 9.62 Å². The fourth-order valence-electron chi connectivity index (χ4n) is 2.79. The van der Waals surface area contributed by atoms with Gasteiger partial charge in [0.15, 0.2) is 0 Å². The van der Waals surface area contributed by atoms with Gasteiger partial charge < -0.3 is 4.90 Å². The summed E-state index contributed by atoms with van der Waals surface area (Å²) in [6.45, 7) is 2.64. The number of hydrogen-bond acceptors (Lipinski definition) is 4. The fourth-order valence-corrected chi connectivity index (χ4v) is 2.89. The summed E-state index contributed by atoms with van der Waals surface area (Å²) >= 11 is 3.94. The summed E-state index contributed by atoms with van der Waals surface area (Å²) in [6.07, 6.45) is -7.88. The van der Waals surface area contributed by atoms with E-state index in [2.05, 4.69) is 27.4 Å². The van der Waals surface area contributed by atoms with Crippen molar-refractivity contribution in [3.63, 3.8) is 0 Å². The minimum absolute atomic E-state index is 0.0997. The molecule has 0 saturated carbocycles. The molecule has 0 radical (unpaired) electrons. The minimum Gasteiger partial charge on any atom is -0.305 e. The zero-order valence-electron chi connectivity index (χ0n) is 16.8. The molecule has 0 aromatic heterocycles. The van der Waals surface area contributed by atoms with Crippen molar-refractivity contribution in [2.75, 3.05) is 26.7 Å². The smallest absolute Gasteiger partial charge is 0.305 e. The molecule has 0 spiro atoms. The van der Waals surface area contributed by atoms with Crippen LogP contribution in [0.3, 0.4) is 0 Å². The molecule has 0 amide bonds. The molecule has 3 nitrogen and oxygen atoms in total. The van der Waals surface area contributed by atoms with Crippen molar-refractivity contribution < 1.29 is 26.3 Å². The first-order valence-corrected chi connectivity index (χ1v) is 9.86. The largest absolute Gasteiger partial charge is 0.416 e.